The molecule has 0 atom stereocenters. The Bertz CT molecular complexity index is 816. The lowest BCUT2D eigenvalue weighted by Crippen LogP contribution is -2.56. The van der Waals surface area contributed by atoms with Crippen LogP contribution in [-0.2, 0) is 26.2 Å². The van der Waals surface area contributed by atoms with Gasteiger partial charge in [-0.15, -0.1) is 0 Å². The minimum atomic E-state index is -0.255. The SMILES string of the molecule is CCOC(=O)N1CCC(N2CCC3(CC2)CN(C(=O)OCCOC)Cc2ccccc23)CC1. The lowest BCUT2D eigenvalue weighted by atomic mass is 9.68. The standard InChI is InChI=1S/C25H37N3O5/c1-3-32-23(29)27-12-8-21(9-13-27)26-14-10-25(11-15-26)19-28(24(30)33-17-16-31-2)18-20-6-4-5-7-22(20)25/h4-7,21H,3,8-19H2,1-2H3. The molecule has 1 spiro atoms. The van der Waals surface area contributed by atoms with E-state index < -0.39 is 0 Å². The first-order valence-corrected chi connectivity index (χ1v) is 12.2. The van der Waals surface area contributed by atoms with Crippen molar-refractivity contribution >= 4 is 12.2 Å². The molecule has 0 bridgehead atoms. The van der Waals surface area contributed by atoms with E-state index in [1.165, 1.54) is 11.1 Å². The summed E-state index contributed by atoms with van der Waals surface area (Å²) in [6.07, 6.45) is 3.56. The van der Waals surface area contributed by atoms with Crippen molar-refractivity contribution in [3.05, 3.63) is 35.4 Å². The van der Waals surface area contributed by atoms with Crippen LogP contribution in [0.5, 0.6) is 0 Å². The van der Waals surface area contributed by atoms with Crippen molar-refractivity contribution < 1.29 is 23.8 Å². The summed E-state index contributed by atoms with van der Waals surface area (Å²) in [6.45, 7) is 7.78. The number of rotatable bonds is 5. The fourth-order valence-corrected chi connectivity index (χ4v) is 5.69. The lowest BCUT2D eigenvalue weighted by Gasteiger charge is -2.50. The van der Waals surface area contributed by atoms with Gasteiger partial charge in [-0.05, 0) is 56.8 Å². The molecule has 2 saturated heterocycles. The Labute approximate surface area is 196 Å². The maximum Gasteiger partial charge on any atom is 0.410 e. The van der Waals surface area contributed by atoms with Crippen molar-refractivity contribution in [1.29, 1.82) is 0 Å². The quantitative estimate of drug-likeness (QED) is 0.630. The molecule has 2 fully saturated rings. The van der Waals surface area contributed by atoms with Crippen molar-refractivity contribution in [2.75, 3.05) is 59.7 Å². The summed E-state index contributed by atoms with van der Waals surface area (Å²) in [6, 6.07) is 9.06. The number of methoxy groups -OCH3 is 1. The summed E-state index contributed by atoms with van der Waals surface area (Å²) in [7, 11) is 1.61. The molecule has 3 aliphatic rings. The van der Waals surface area contributed by atoms with Gasteiger partial charge in [0.05, 0.1) is 13.2 Å². The molecule has 0 N–H and O–H groups in total. The third kappa shape index (κ3) is 5.27. The molecule has 0 radical (unpaired) electrons. The van der Waals surface area contributed by atoms with E-state index in [4.69, 9.17) is 14.2 Å². The van der Waals surface area contributed by atoms with Crippen molar-refractivity contribution in [3.63, 3.8) is 0 Å². The highest BCUT2D eigenvalue weighted by Gasteiger charge is 2.44. The lowest BCUT2D eigenvalue weighted by molar-refractivity contribution is 0.0329. The predicted octanol–water partition coefficient (Wildman–Crippen LogP) is 3.24. The topological polar surface area (TPSA) is 71.6 Å². The van der Waals surface area contributed by atoms with E-state index in [0.29, 0.717) is 32.3 Å². The first kappa shape index (κ1) is 23.8. The third-order valence-electron chi connectivity index (χ3n) is 7.48. The smallest absolute Gasteiger partial charge is 0.410 e. The van der Waals surface area contributed by atoms with Gasteiger partial charge in [0, 0.05) is 44.7 Å². The molecule has 8 nitrogen and oxygen atoms in total. The highest BCUT2D eigenvalue weighted by Crippen LogP contribution is 2.42. The highest BCUT2D eigenvalue weighted by atomic mass is 16.6. The monoisotopic (exact) mass is 459 g/mol. The molecule has 4 rings (SSSR count). The molecule has 8 heteroatoms. The zero-order valence-electron chi connectivity index (χ0n) is 20.0. The van der Waals surface area contributed by atoms with E-state index in [9.17, 15) is 9.59 Å². The van der Waals surface area contributed by atoms with E-state index in [0.717, 1.165) is 51.9 Å². The minimum absolute atomic E-state index is 0.0305. The fourth-order valence-electron chi connectivity index (χ4n) is 5.69. The Morgan fingerprint density at radius 2 is 1.67 bits per heavy atom. The molecule has 33 heavy (non-hydrogen) atoms. The molecule has 1 aromatic rings. The van der Waals surface area contributed by atoms with Crippen LogP contribution in [0.15, 0.2) is 24.3 Å². The van der Waals surface area contributed by atoms with Gasteiger partial charge in [0.2, 0.25) is 0 Å². The first-order chi connectivity index (χ1) is 16.1. The van der Waals surface area contributed by atoms with Crippen molar-refractivity contribution in [2.45, 2.75) is 50.6 Å². The van der Waals surface area contributed by atoms with Gasteiger partial charge < -0.3 is 28.9 Å². The fraction of sp³-hybridized carbons (Fsp3) is 0.680. The molecular weight excluding hydrogens is 422 g/mol. The van der Waals surface area contributed by atoms with Gasteiger partial charge in [-0.1, -0.05) is 24.3 Å². The van der Waals surface area contributed by atoms with Crippen LogP contribution in [-0.4, -0.2) is 92.6 Å². The first-order valence-electron chi connectivity index (χ1n) is 12.2. The van der Waals surface area contributed by atoms with Crippen LogP contribution in [0.3, 0.4) is 0 Å². The van der Waals surface area contributed by atoms with Gasteiger partial charge in [0.1, 0.15) is 6.61 Å². The third-order valence-corrected chi connectivity index (χ3v) is 7.48. The Morgan fingerprint density at radius 1 is 0.970 bits per heavy atom. The van der Waals surface area contributed by atoms with Crippen molar-refractivity contribution in [3.8, 4) is 0 Å². The Morgan fingerprint density at radius 3 is 2.36 bits per heavy atom. The molecule has 0 aromatic heterocycles. The molecular formula is C25H37N3O5. The summed E-state index contributed by atoms with van der Waals surface area (Å²) in [5, 5.41) is 0. The van der Waals surface area contributed by atoms with Crippen LogP contribution in [0.25, 0.3) is 0 Å². The maximum atomic E-state index is 12.7. The number of carbonyl (C=O) groups is 2. The number of hydrogen-bond donors (Lipinski definition) is 0. The zero-order valence-corrected chi connectivity index (χ0v) is 20.0. The molecule has 0 aliphatic carbocycles. The number of carbonyl (C=O) groups excluding carboxylic acids is 2. The second-order valence-electron chi connectivity index (χ2n) is 9.35. The Hall–Kier alpha value is -2.32. The largest absolute Gasteiger partial charge is 0.450 e. The summed E-state index contributed by atoms with van der Waals surface area (Å²) in [5.74, 6) is 0. The average molecular weight is 460 g/mol. The van der Waals surface area contributed by atoms with Gasteiger partial charge in [-0.3, -0.25) is 0 Å². The molecule has 2 amide bonds. The summed E-state index contributed by atoms with van der Waals surface area (Å²) in [4.78, 5) is 31.0. The van der Waals surface area contributed by atoms with E-state index >= 15 is 0 Å². The summed E-state index contributed by atoms with van der Waals surface area (Å²) in [5.41, 5.74) is 2.59. The van der Waals surface area contributed by atoms with Gasteiger partial charge >= 0.3 is 12.2 Å². The number of nitrogens with zero attached hydrogens (tertiary/aromatic N) is 3. The van der Waals surface area contributed by atoms with Crippen LogP contribution in [0.4, 0.5) is 9.59 Å². The highest BCUT2D eigenvalue weighted by molar-refractivity contribution is 5.69. The molecule has 0 unspecified atom stereocenters. The number of benzene rings is 1. The molecule has 0 saturated carbocycles. The zero-order chi connectivity index (χ0) is 23.3. The molecule has 3 heterocycles. The van der Waals surface area contributed by atoms with E-state index in [-0.39, 0.29) is 24.2 Å². The van der Waals surface area contributed by atoms with E-state index in [1.807, 2.05) is 16.7 Å². The van der Waals surface area contributed by atoms with Crippen molar-refractivity contribution in [2.24, 2.45) is 0 Å². The van der Waals surface area contributed by atoms with Crippen LogP contribution >= 0.6 is 0 Å². The van der Waals surface area contributed by atoms with Crippen LogP contribution in [0.1, 0.15) is 43.7 Å². The molecule has 3 aliphatic heterocycles. The second-order valence-corrected chi connectivity index (χ2v) is 9.35. The van der Waals surface area contributed by atoms with Crippen molar-refractivity contribution in [1.82, 2.24) is 14.7 Å². The number of likely N-dealkylation sites (tertiary alicyclic amines) is 2. The minimum Gasteiger partial charge on any atom is -0.450 e. The number of fused-ring (bicyclic) bond motifs is 2. The van der Waals surface area contributed by atoms with Gasteiger partial charge in [-0.2, -0.15) is 0 Å². The van der Waals surface area contributed by atoms with E-state index in [2.05, 4.69) is 29.2 Å². The number of ether oxygens (including phenoxy) is 3. The van der Waals surface area contributed by atoms with Crippen LogP contribution in [0, 0.1) is 0 Å². The molecule has 1 aromatic carbocycles. The van der Waals surface area contributed by atoms with Gasteiger partial charge in [-0.25, -0.2) is 9.59 Å². The normalized spacial score (nSPS) is 21.0. The predicted molar refractivity (Wildman–Crippen MR) is 124 cm³/mol. The van der Waals surface area contributed by atoms with Crippen LogP contribution in [0.2, 0.25) is 0 Å². The number of piperidine rings is 2. The Balaban J connectivity index is 1.39. The average Bonchev–Trinajstić information content (AvgIpc) is 2.85. The van der Waals surface area contributed by atoms with Gasteiger partial charge in [0.25, 0.3) is 0 Å². The van der Waals surface area contributed by atoms with E-state index in [1.54, 1.807) is 7.11 Å². The summed E-state index contributed by atoms with van der Waals surface area (Å²) < 4.78 is 15.6. The Kier molecular flexibility index (Phi) is 7.75. The van der Waals surface area contributed by atoms with Gasteiger partial charge in [0.15, 0.2) is 0 Å². The number of amides is 2. The summed E-state index contributed by atoms with van der Waals surface area (Å²) >= 11 is 0. The second kappa shape index (κ2) is 10.7. The van der Waals surface area contributed by atoms with Crippen LogP contribution < -0.4 is 0 Å². The maximum absolute atomic E-state index is 12.7. The number of hydrogen-bond acceptors (Lipinski definition) is 6. The molecule has 182 valence electrons.